The molecule has 1 amide bonds. The molecule has 0 aliphatic carbocycles. The van der Waals surface area contributed by atoms with Crippen molar-refractivity contribution in [2.75, 3.05) is 19.6 Å². The van der Waals surface area contributed by atoms with Crippen molar-refractivity contribution >= 4 is 5.91 Å². The van der Waals surface area contributed by atoms with Crippen LogP contribution in [0.2, 0.25) is 0 Å². The van der Waals surface area contributed by atoms with E-state index < -0.39 is 0 Å². The van der Waals surface area contributed by atoms with Crippen LogP contribution in [0.1, 0.15) is 12.8 Å². The van der Waals surface area contributed by atoms with E-state index in [0.717, 1.165) is 19.5 Å². The molecule has 1 rings (SSSR count). The Kier molecular flexibility index (Phi) is 2.65. The van der Waals surface area contributed by atoms with Crippen LogP contribution in [0, 0.1) is 0 Å². The van der Waals surface area contributed by atoms with Crippen LogP contribution in [0.4, 0.5) is 0 Å². The van der Waals surface area contributed by atoms with Gasteiger partial charge in [0.25, 0.3) is 0 Å². The number of rotatable bonds is 2. The average Bonchev–Trinajstić information content (AvgIpc) is 1.88. The highest BCUT2D eigenvalue weighted by molar-refractivity contribution is 5.75. The summed E-state index contributed by atoms with van der Waals surface area (Å²) in [6.45, 7) is 2.29. The van der Waals surface area contributed by atoms with E-state index in [1.54, 1.807) is 0 Å². The number of nitrogens with zero attached hydrogens (tertiary/aromatic N) is 1. The third-order valence-corrected chi connectivity index (χ3v) is 1.51. The topological polar surface area (TPSA) is 58.4 Å². The van der Waals surface area contributed by atoms with Crippen LogP contribution in [0.3, 0.4) is 0 Å². The highest BCUT2D eigenvalue weighted by atomic mass is 16.2. The molecule has 3 N–H and O–H groups in total. The van der Waals surface area contributed by atoms with E-state index in [1.165, 1.54) is 0 Å². The summed E-state index contributed by atoms with van der Waals surface area (Å²) in [5.74, 6) is 0.111. The third-order valence-electron chi connectivity index (χ3n) is 1.51. The quantitative estimate of drug-likeness (QED) is 0.525. The maximum Gasteiger partial charge on any atom is 0.234 e. The number of hydrogen-bond acceptors (Lipinski definition) is 3. The Bertz CT molecular complexity index is 124. The summed E-state index contributed by atoms with van der Waals surface area (Å²) < 4.78 is 0. The molecule has 0 aromatic heterocycles. The summed E-state index contributed by atoms with van der Waals surface area (Å²) in [6, 6.07) is 0. The second-order valence-corrected chi connectivity index (χ2v) is 2.41. The first-order chi connectivity index (χ1) is 4.83. The summed E-state index contributed by atoms with van der Waals surface area (Å²) in [5, 5.41) is 1.87. The lowest BCUT2D eigenvalue weighted by Gasteiger charge is -2.26. The highest BCUT2D eigenvalue weighted by Gasteiger charge is 2.13. The molecule has 4 nitrogen and oxygen atoms in total. The molecule has 1 fully saturated rings. The van der Waals surface area contributed by atoms with Crippen LogP contribution < -0.4 is 11.2 Å². The molecule has 1 aliphatic heterocycles. The van der Waals surface area contributed by atoms with Crippen molar-refractivity contribution in [1.29, 1.82) is 0 Å². The van der Waals surface area contributed by atoms with Crippen LogP contribution in [0.25, 0.3) is 0 Å². The summed E-state index contributed by atoms with van der Waals surface area (Å²) in [4.78, 5) is 10.8. The van der Waals surface area contributed by atoms with Gasteiger partial charge in [-0.1, -0.05) is 0 Å². The van der Waals surface area contributed by atoms with Gasteiger partial charge in [0.2, 0.25) is 5.91 Å². The SMILES string of the molecule is NCCN1CCCC(=O)N1. The fraction of sp³-hybridized carbons (Fsp3) is 0.833. The molecule has 0 radical (unpaired) electrons. The molecule has 1 heterocycles. The standard InChI is InChI=1S/C6H13N3O/c7-3-5-9-4-1-2-6(10)8-9/h1-5,7H2,(H,8,10). The molecule has 10 heavy (non-hydrogen) atoms. The number of carbonyl (C=O) groups is 1. The van der Waals surface area contributed by atoms with Gasteiger partial charge >= 0.3 is 0 Å². The van der Waals surface area contributed by atoms with Gasteiger partial charge in [0, 0.05) is 26.1 Å². The van der Waals surface area contributed by atoms with Crippen molar-refractivity contribution in [3.63, 3.8) is 0 Å². The molecule has 0 aromatic carbocycles. The Hall–Kier alpha value is -0.610. The van der Waals surface area contributed by atoms with Crippen molar-refractivity contribution in [3.8, 4) is 0 Å². The predicted octanol–water partition coefficient (Wildman–Crippen LogP) is -0.928. The predicted molar refractivity (Wildman–Crippen MR) is 38.0 cm³/mol. The minimum Gasteiger partial charge on any atom is -0.329 e. The Morgan fingerprint density at radius 1 is 1.70 bits per heavy atom. The number of hydrazine groups is 1. The van der Waals surface area contributed by atoms with Gasteiger partial charge in [-0.3, -0.25) is 10.2 Å². The van der Waals surface area contributed by atoms with Crippen molar-refractivity contribution in [3.05, 3.63) is 0 Å². The van der Waals surface area contributed by atoms with Gasteiger partial charge in [0.1, 0.15) is 0 Å². The Labute approximate surface area is 60.3 Å². The number of carbonyl (C=O) groups excluding carboxylic acids is 1. The molecule has 1 saturated heterocycles. The number of nitrogens with one attached hydrogen (secondary N) is 1. The normalized spacial score (nSPS) is 20.7. The Morgan fingerprint density at radius 2 is 2.50 bits per heavy atom. The molecule has 4 heteroatoms. The fourth-order valence-electron chi connectivity index (χ4n) is 1.04. The van der Waals surface area contributed by atoms with E-state index >= 15 is 0 Å². The van der Waals surface area contributed by atoms with E-state index in [4.69, 9.17) is 5.73 Å². The maximum absolute atomic E-state index is 10.8. The minimum absolute atomic E-state index is 0.111. The molecule has 0 aromatic rings. The van der Waals surface area contributed by atoms with Gasteiger partial charge in [-0.25, -0.2) is 5.01 Å². The molecule has 0 atom stereocenters. The summed E-state index contributed by atoms with van der Waals surface area (Å²) in [7, 11) is 0. The zero-order chi connectivity index (χ0) is 7.40. The molecule has 0 unspecified atom stereocenters. The minimum atomic E-state index is 0.111. The van der Waals surface area contributed by atoms with Crippen LogP contribution in [-0.4, -0.2) is 30.6 Å². The zero-order valence-electron chi connectivity index (χ0n) is 5.97. The molecule has 1 aliphatic rings. The van der Waals surface area contributed by atoms with E-state index in [1.807, 2.05) is 5.01 Å². The fourth-order valence-corrected chi connectivity index (χ4v) is 1.04. The lowest BCUT2D eigenvalue weighted by Crippen LogP contribution is -2.48. The molecule has 0 spiro atoms. The Morgan fingerprint density at radius 3 is 3.10 bits per heavy atom. The van der Waals surface area contributed by atoms with E-state index in [9.17, 15) is 4.79 Å². The van der Waals surface area contributed by atoms with Crippen molar-refractivity contribution in [2.45, 2.75) is 12.8 Å². The van der Waals surface area contributed by atoms with Crippen molar-refractivity contribution in [1.82, 2.24) is 10.4 Å². The average molecular weight is 143 g/mol. The third kappa shape index (κ3) is 1.97. The first-order valence-corrected chi connectivity index (χ1v) is 3.57. The first-order valence-electron chi connectivity index (χ1n) is 3.57. The molecule has 0 bridgehead atoms. The van der Waals surface area contributed by atoms with Gasteiger partial charge in [-0.15, -0.1) is 0 Å². The molecule has 58 valence electrons. The lowest BCUT2D eigenvalue weighted by atomic mass is 10.2. The van der Waals surface area contributed by atoms with E-state index in [-0.39, 0.29) is 5.91 Å². The smallest absolute Gasteiger partial charge is 0.234 e. The number of nitrogens with two attached hydrogens (primary N) is 1. The monoisotopic (exact) mass is 143 g/mol. The van der Waals surface area contributed by atoms with E-state index in [0.29, 0.717) is 13.0 Å². The molecular weight excluding hydrogens is 130 g/mol. The Balaban J connectivity index is 2.25. The summed E-state index contributed by atoms with van der Waals surface area (Å²) in [6.07, 6.45) is 1.60. The van der Waals surface area contributed by atoms with Gasteiger partial charge < -0.3 is 5.73 Å². The number of hydrogen-bond donors (Lipinski definition) is 2. The van der Waals surface area contributed by atoms with Crippen molar-refractivity contribution in [2.24, 2.45) is 5.73 Å². The van der Waals surface area contributed by atoms with Crippen LogP contribution >= 0.6 is 0 Å². The van der Waals surface area contributed by atoms with Gasteiger partial charge in [-0.05, 0) is 6.42 Å². The number of amides is 1. The maximum atomic E-state index is 10.8. The second kappa shape index (κ2) is 3.53. The van der Waals surface area contributed by atoms with Crippen LogP contribution in [0.15, 0.2) is 0 Å². The van der Waals surface area contributed by atoms with Crippen molar-refractivity contribution < 1.29 is 4.79 Å². The largest absolute Gasteiger partial charge is 0.329 e. The van der Waals surface area contributed by atoms with E-state index in [2.05, 4.69) is 5.43 Å². The van der Waals surface area contributed by atoms with Gasteiger partial charge in [0.15, 0.2) is 0 Å². The first kappa shape index (κ1) is 7.50. The van der Waals surface area contributed by atoms with Gasteiger partial charge in [-0.2, -0.15) is 0 Å². The second-order valence-electron chi connectivity index (χ2n) is 2.41. The lowest BCUT2D eigenvalue weighted by molar-refractivity contribution is -0.128. The highest BCUT2D eigenvalue weighted by Crippen LogP contribution is 1.98. The zero-order valence-corrected chi connectivity index (χ0v) is 5.97. The molecular formula is C6H13N3O. The van der Waals surface area contributed by atoms with Crippen LogP contribution in [-0.2, 0) is 4.79 Å². The molecule has 0 saturated carbocycles. The van der Waals surface area contributed by atoms with Gasteiger partial charge in [0.05, 0.1) is 0 Å². The summed E-state index contributed by atoms with van der Waals surface area (Å²) in [5.41, 5.74) is 8.04. The summed E-state index contributed by atoms with van der Waals surface area (Å²) >= 11 is 0. The van der Waals surface area contributed by atoms with Crippen LogP contribution in [0.5, 0.6) is 0 Å².